The van der Waals surface area contributed by atoms with E-state index in [0.717, 1.165) is 5.92 Å². The molecule has 0 radical (unpaired) electrons. The first-order valence-electron chi connectivity index (χ1n) is 6.37. The Bertz CT molecular complexity index is 410. The van der Waals surface area contributed by atoms with Gasteiger partial charge in [-0.15, -0.1) is 0 Å². The van der Waals surface area contributed by atoms with Gasteiger partial charge in [0.25, 0.3) is 0 Å². The Hall–Kier alpha value is -0.780. The Kier molecular flexibility index (Phi) is 2.45. The van der Waals surface area contributed by atoms with Crippen LogP contribution in [0, 0.1) is 12.8 Å². The molecule has 0 heterocycles. The molecule has 0 saturated carbocycles. The molecule has 0 fully saturated rings. The summed E-state index contributed by atoms with van der Waals surface area (Å²) in [6.45, 7) is 14.1. The highest BCUT2D eigenvalue weighted by atomic mass is 14.5. The normalized spacial score (nSPS) is 26.2. The molecule has 1 aromatic carbocycles. The second-order valence-corrected chi connectivity index (χ2v) is 6.76. The summed E-state index contributed by atoms with van der Waals surface area (Å²) in [6, 6.07) is 7.00. The highest BCUT2D eigenvalue weighted by Crippen LogP contribution is 2.48. The van der Waals surface area contributed by atoms with E-state index in [-0.39, 0.29) is 0 Å². The molecule has 0 spiro atoms. The van der Waals surface area contributed by atoms with Crippen LogP contribution in [-0.2, 0) is 10.8 Å². The van der Waals surface area contributed by atoms with Gasteiger partial charge in [-0.25, -0.2) is 0 Å². The fourth-order valence-corrected chi connectivity index (χ4v) is 3.18. The van der Waals surface area contributed by atoms with Crippen molar-refractivity contribution in [3.63, 3.8) is 0 Å². The average molecular weight is 216 g/mol. The second-order valence-electron chi connectivity index (χ2n) is 6.76. The van der Waals surface area contributed by atoms with Crippen LogP contribution < -0.4 is 0 Å². The zero-order valence-electron chi connectivity index (χ0n) is 11.5. The van der Waals surface area contributed by atoms with Crippen LogP contribution in [0.25, 0.3) is 0 Å². The molecule has 0 N–H and O–H groups in total. The molecule has 0 heteroatoms. The van der Waals surface area contributed by atoms with Crippen molar-refractivity contribution >= 4 is 0 Å². The molecule has 0 nitrogen and oxygen atoms in total. The molecule has 1 atom stereocenters. The molecule has 88 valence electrons. The lowest BCUT2D eigenvalue weighted by atomic mass is 9.58. The number of fused-ring (bicyclic) bond motifs is 1. The molecule has 1 aliphatic carbocycles. The maximum Gasteiger partial charge on any atom is -0.00746 e. The summed E-state index contributed by atoms with van der Waals surface area (Å²) in [6.07, 6.45) is 1.29. The number of aryl methyl sites for hydroxylation is 1. The molecule has 0 unspecified atom stereocenters. The zero-order chi connectivity index (χ0) is 12.1. The summed E-state index contributed by atoms with van der Waals surface area (Å²) in [5.74, 6) is 0.747. The van der Waals surface area contributed by atoms with Crippen LogP contribution in [0.1, 0.15) is 57.7 Å². The van der Waals surface area contributed by atoms with Gasteiger partial charge in [-0.1, -0.05) is 58.4 Å². The molecular formula is C16H24. The van der Waals surface area contributed by atoms with Gasteiger partial charge in [0.05, 0.1) is 0 Å². The summed E-state index contributed by atoms with van der Waals surface area (Å²) in [4.78, 5) is 0. The third-order valence-electron chi connectivity index (χ3n) is 4.65. The minimum absolute atomic E-state index is 0.316. The lowest BCUT2D eigenvalue weighted by Crippen LogP contribution is -2.40. The van der Waals surface area contributed by atoms with Crippen LogP contribution in [0.4, 0.5) is 0 Å². The van der Waals surface area contributed by atoms with Crippen LogP contribution in [-0.4, -0.2) is 0 Å². The molecule has 1 aromatic rings. The van der Waals surface area contributed by atoms with Crippen molar-refractivity contribution in [2.75, 3.05) is 0 Å². The molecule has 0 saturated heterocycles. The van der Waals surface area contributed by atoms with Crippen molar-refractivity contribution in [2.45, 2.75) is 58.8 Å². The van der Waals surface area contributed by atoms with Crippen LogP contribution in [0.15, 0.2) is 18.2 Å². The molecule has 2 rings (SSSR count). The Labute approximate surface area is 100 Å². The first kappa shape index (κ1) is 11.7. The van der Waals surface area contributed by atoms with E-state index in [2.05, 4.69) is 59.7 Å². The summed E-state index contributed by atoms with van der Waals surface area (Å²) in [5, 5.41) is 0. The highest BCUT2D eigenvalue weighted by molar-refractivity contribution is 5.43. The molecule has 0 bridgehead atoms. The van der Waals surface area contributed by atoms with Crippen molar-refractivity contribution in [1.29, 1.82) is 0 Å². The van der Waals surface area contributed by atoms with Crippen molar-refractivity contribution in [2.24, 2.45) is 5.92 Å². The van der Waals surface area contributed by atoms with Gasteiger partial charge < -0.3 is 0 Å². The lowest BCUT2D eigenvalue weighted by molar-refractivity contribution is 0.233. The standard InChI is InChI=1S/C16H24/c1-11-7-8-13-14(9-11)16(5,6)12(2)10-15(13,3)4/h7-9,12H,10H2,1-6H3/t12-/m0/s1. The number of benzene rings is 1. The fourth-order valence-electron chi connectivity index (χ4n) is 3.18. The van der Waals surface area contributed by atoms with E-state index in [9.17, 15) is 0 Å². The molecule has 0 amide bonds. The van der Waals surface area contributed by atoms with Gasteiger partial charge in [-0.3, -0.25) is 0 Å². The van der Waals surface area contributed by atoms with E-state index >= 15 is 0 Å². The third-order valence-corrected chi connectivity index (χ3v) is 4.65. The van der Waals surface area contributed by atoms with Gasteiger partial charge in [0.2, 0.25) is 0 Å². The van der Waals surface area contributed by atoms with E-state index in [1.54, 1.807) is 11.1 Å². The monoisotopic (exact) mass is 216 g/mol. The average Bonchev–Trinajstić information content (AvgIpc) is 2.14. The van der Waals surface area contributed by atoms with Gasteiger partial charge in [-0.2, -0.15) is 0 Å². The van der Waals surface area contributed by atoms with Crippen molar-refractivity contribution in [1.82, 2.24) is 0 Å². The van der Waals surface area contributed by atoms with Gasteiger partial charge in [0.15, 0.2) is 0 Å². The van der Waals surface area contributed by atoms with E-state index in [1.807, 2.05) is 0 Å². The third kappa shape index (κ3) is 1.59. The Balaban J connectivity index is 2.68. The van der Waals surface area contributed by atoms with E-state index < -0.39 is 0 Å². The number of hydrogen-bond donors (Lipinski definition) is 0. The SMILES string of the molecule is Cc1ccc2c(c1)C(C)(C)[C@@H](C)CC2(C)C. The summed E-state index contributed by atoms with van der Waals surface area (Å²) < 4.78 is 0. The van der Waals surface area contributed by atoms with E-state index in [4.69, 9.17) is 0 Å². The first-order valence-corrected chi connectivity index (χ1v) is 6.37. The van der Waals surface area contributed by atoms with Crippen molar-refractivity contribution in [3.8, 4) is 0 Å². The molecular weight excluding hydrogens is 192 g/mol. The molecule has 0 aromatic heterocycles. The van der Waals surface area contributed by atoms with Gasteiger partial charge in [0, 0.05) is 0 Å². The smallest absolute Gasteiger partial charge is 0.00746 e. The molecule has 16 heavy (non-hydrogen) atoms. The van der Waals surface area contributed by atoms with Gasteiger partial charge >= 0.3 is 0 Å². The quantitative estimate of drug-likeness (QED) is 0.595. The van der Waals surface area contributed by atoms with Crippen LogP contribution in [0.2, 0.25) is 0 Å². The van der Waals surface area contributed by atoms with Crippen LogP contribution in [0.5, 0.6) is 0 Å². The highest BCUT2D eigenvalue weighted by Gasteiger charge is 2.41. The second kappa shape index (κ2) is 3.35. The number of rotatable bonds is 0. The minimum atomic E-state index is 0.316. The van der Waals surface area contributed by atoms with Crippen LogP contribution >= 0.6 is 0 Å². The zero-order valence-corrected chi connectivity index (χ0v) is 11.5. The maximum absolute atomic E-state index is 2.40. The van der Waals surface area contributed by atoms with Crippen LogP contribution in [0.3, 0.4) is 0 Å². The molecule has 1 aliphatic rings. The summed E-state index contributed by atoms with van der Waals surface area (Å²) in [7, 11) is 0. The largest absolute Gasteiger partial charge is 0.0616 e. The van der Waals surface area contributed by atoms with Gasteiger partial charge in [0.1, 0.15) is 0 Å². The van der Waals surface area contributed by atoms with Gasteiger partial charge in [-0.05, 0) is 41.2 Å². The predicted octanol–water partition coefficient (Wildman–Crippen LogP) is 4.59. The van der Waals surface area contributed by atoms with Crippen molar-refractivity contribution < 1.29 is 0 Å². The number of hydrogen-bond acceptors (Lipinski definition) is 0. The Morgan fingerprint density at radius 1 is 1.06 bits per heavy atom. The molecule has 0 aliphatic heterocycles. The topological polar surface area (TPSA) is 0 Å². The Morgan fingerprint density at radius 2 is 1.69 bits per heavy atom. The lowest BCUT2D eigenvalue weighted by Gasteiger charge is -2.46. The maximum atomic E-state index is 2.40. The summed E-state index contributed by atoms with van der Waals surface area (Å²) in [5.41, 5.74) is 5.16. The minimum Gasteiger partial charge on any atom is -0.0616 e. The summed E-state index contributed by atoms with van der Waals surface area (Å²) >= 11 is 0. The first-order chi connectivity index (χ1) is 7.25. The predicted molar refractivity (Wildman–Crippen MR) is 71.0 cm³/mol. The fraction of sp³-hybridized carbons (Fsp3) is 0.625. The van der Waals surface area contributed by atoms with E-state index in [0.29, 0.717) is 10.8 Å². The van der Waals surface area contributed by atoms with Crippen molar-refractivity contribution in [3.05, 3.63) is 34.9 Å². The Morgan fingerprint density at radius 3 is 2.31 bits per heavy atom. The van der Waals surface area contributed by atoms with E-state index in [1.165, 1.54) is 12.0 Å².